The molecule has 0 aliphatic rings. The number of nitrogens with zero attached hydrogens (tertiary/aromatic N) is 2. The van der Waals surface area contributed by atoms with Gasteiger partial charge in [0, 0.05) is 12.2 Å². The molecule has 1 aromatic carbocycles. The number of hydrogen-bond acceptors (Lipinski definition) is 5. The fourth-order valence-electron chi connectivity index (χ4n) is 3.09. The summed E-state index contributed by atoms with van der Waals surface area (Å²) in [6.45, 7) is 7.13. The van der Waals surface area contributed by atoms with Crippen molar-refractivity contribution in [3.8, 4) is 22.9 Å². The van der Waals surface area contributed by atoms with Crippen LogP contribution in [0.15, 0.2) is 36.7 Å². The first-order chi connectivity index (χ1) is 14.8. The minimum atomic E-state index is 0.516. The SMILES string of the molecule is CCCCCCCOCCOc1cnc(-c2ccc(OCCCCCC)cc2)nc1. The molecule has 0 radical (unpaired) electrons. The Balaban J connectivity index is 1.64. The molecule has 2 aromatic rings. The lowest BCUT2D eigenvalue weighted by atomic mass is 10.2. The molecule has 1 heterocycles. The maximum absolute atomic E-state index is 5.79. The summed E-state index contributed by atoms with van der Waals surface area (Å²) >= 11 is 0. The third kappa shape index (κ3) is 10.1. The van der Waals surface area contributed by atoms with Crippen LogP contribution < -0.4 is 9.47 Å². The van der Waals surface area contributed by atoms with Crippen LogP contribution in [0.4, 0.5) is 0 Å². The highest BCUT2D eigenvalue weighted by Gasteiger charge is 2.03. The number of aromatic nitrogens is 2. The van der Waals surface area contributed by atoms with Gasteiger partial charge in [-0.1, -0.05) is 58.8 Å². The summed E-state index contributed by atoms with van der Waals surface area (Å²) in [7, 11) is 0. The van der Waals surface area contributed by atoms with Crippen molar-refractivity contribution in [3.05, 3.63) is 36.7 Å². The van der Waals surface area contributed by atoms with Crippen LogP contribution in [0, 0.1) is 0 Å². The van der Waals surface area contributed by atoms with E-state index in [1.165, 1.54) is 44.9 Å². The third-order valence-electron chi connectivity index (χ3n) is 4.90. The molecule has 5 heteroatoms. The Labute approximate surface area is 182 Å². The standard InChI is InChI=1S/C25H38N2O3/c1-3-5-7-9-10-16-28-18-19-30-24-20-26-25(27-21-24)22-12-14-23(15-13-22)29-17-11-8-6-4-2/h12-15,20-21H,3-11,16-19H2,1-2H3. The molecule has 0 saturated heterocycles. The molecule has 166 valence electrons. The van der Waals surface area contributed by atoms with Crippen molar-refractivity contribution in [1.82, 2.24) is 9.97 Å². The summed E-state index contributed by atoms with van der Waals surface area (Å²) < 4.78 is 17.1. The van der Waals surface area contributed by atoms with Gasteiger partial charge < -0.3 is 14.2 Å². The highest BCUT2D eigenvalue weighted by atomic mass is 16.5. The number of unbranched alkanes of at least 4 members (excludes halogenated alkanes) is 7. The maximum Gasteiger partial charge on any atom is 0.159 e. The zero-order chi connectivity index (χ0) is 21.3. The zero-order valence-electron chi connectivity index (χ0n) is 18.8. The van der Waals surface area contributed by atoms with E-state index >= 15 is 0 Å². The van der Waals surface area contributed by atoms with Crippen molar-refractivity contribution in [2.45, 2.75) is 71.6 Å². The van der Waals surface area contributed by atoms with Gasteiger partial charge in [0.1, 0.15) is 12.4 Å². The number of hydrogen-bond donors (Lipinski definition) is 0. The Kier molecular flexibility index (Phi) is 12.6. The second-order valence-corrected chi connectivity index (χ2v) is 7.55. The fraction of sp³-hybridized carbons (Fsp3) is 0.600. The highest BCUT2D eigenvalue weighted by Crippen LogP contribution is 2.20. The summed E-state index contributed by atoms with van der Waals surface area (Å²) in [5, 5.41) is 0. The van der Waals surface area contributed by atoms with Crippen LogP contribution in [0.2, 0.25) is 0 Å². The molecule has 0 spiro atoms. The van der Waals surface area contributed by atoms with Gasteiger partial charge in [-0.15, -0.1) is 0 Å². The molecule has 0 N–H and O–H groups in total. The molecule has 0 bridgehead atoms. The Morgan fingerprint density at radius 3 is 1.90 bits per heavy atom. The Bertz CT molecular complexity index is 659. The largest absolute Gasteiger partial charge is 0.494 e. The van der Waals surface area contributed by atoms with Crippen molar-refractivity contribution < 1.29 is 14.2 Å². The first kappa shape index (κ1) is 24.1. The second kappa shape index (κ2) is 15.7. The van der Waals surface area contributed by atoms with Crippen LogP contribution >= 0.6 is 0 Å². The summed E-state index contributed by atoms with van der Waals surface area (Å²) in [4.78, 5) is 8.83. The molecule has 0 saturated carbocycles. The first-order valence-corrected chi connectivity index (χ1v) is 11.6. The van der Waals surface area contributed by atoms with Crippen molar-refractivity contribution in [2.75, 3.05) is 26.4 Å². The number of ether oxygens (including phenoxy) is 3. The molecule has 0 atom stereocenters. The van der Waals surface area contributed by atoms with Gasteiger partial charge in [0.25, 0.3) is 0 Å². The molecule has 1 aromatic heterocycles. The second-order valence-electron chi connectivity index (χ2n) is 7.55. The van der Waals surface area contributed by atoms with Crippen molar-refractivity contribution in [3.63, 3.8) is 0 Å². The smallest absolute Gasteiger partial charge is 0.159 e. The van der Waals surface area contributed by atoms with Gasteiger partial charge in [-0.25, -0.2) is 9.97 Å². The fourth-order valence-corrected chi connectivity index (χ4v) is 3.09. The highest BCUT2D eigenvalue weighted by molar-refractivity contribution is 5.56. The van der Waals surface area contributed by atoms with E-state index in [0.717, 1.165) is 37.4 Å². The van der Waals surface area contributed by atoms with Gasteiger partial charge in [0.2, 0.25) is 0 Å². The Morgan fingerprint density at radius 1 is 0.600 bits per heavy atom. The summed E-state index contributed by atoms with van der Waals surface area (Å²) in [6, 6.07) is 7.93. The van der Waals surface area contributed by atoms with Gasteiger partial charge in [-0.05, 0) is 37.1 Å². The van der Waals surface area contributed by atoms with E-state index in [4.69, 9.17) is 14.2 Å². The minimum Gasteiger partial charge on any atom is -0.494 e. The lowest BCUT2D eigenvalue weighted by molar-refractivity contribution is 0.0968. The van der Waals surface area contributed by atoms with Crippen LogP contribution in [-0.4, -0.2) is 36.4 Å². The monoisotopic (exact) mass is 414 g/mol. The average molecular weight is 415 g/mol. The molecule has 0 fully saturated rings. The Morgan fingerprint density at radius 2 is 1.20 bits per heavy atom. The van der Waals surface area contributed by atoms with E-state index in [0.29, 0.717) is 24.8 Å². The van der Waals surface area contributed by atoms with Gasteiger partial charge in [-0.2, -0.15) is 0 Å². The third-order valence-corrected chi connectivity index (χ3v) is 4.90. The van der Waals surface area contributed by atoms with Gasteiger partial charge in [0.05, 0.1) is 25.6 Å². The van der Waals surface area contributed by atoms with Gasteiger partial charge >= 0.3 is 0 Å². The molecule has 0 unspecified atom stereocenters. The quantitative estimate of drug-likeness (QED) is 0.278. The van der Waals surface area contributed by atoms with E-state index in [1.807, 2.05) is 24.3 Å². The lowest BCUT2D eigenvalue weighted by Crippen LogP contribution is -2.08. The molecule has 5 nitrogen and oxygen atoms in total. The van der Waals surface area contributed by atoms with Crippen molar-refractivity contribution in [2.24, 2.45) is 0 Å². The van der Waals surface area contributed by atoms with E-state index < -0.39 is 0 Å². The van der Waals surface area contributed by atoms with Crippen LogP contribution in [0.1, 0.15) is 71.6 Å². The molecule has 0 amide bonds. The number of benzene rings is 1. The van der Waals surface area contributed by atoms with E-state index in [2.05, 4.69) is 23.8 Å². The van der Waals surface area contributed by atoms with Crippen LogP contribution in [0.25, 0.3) is 11.4 Å². The summed E-state index contributed by atoms with van der Waals surface area (Å²) in [5.74, 6) is 2.23. The Hall–Kier alpha value is -2.14. The van der Waals surface area contributed by atoms with E-state index in [9.17, 15) is 0 Å². The van der Waals surface area contributed by atoms with Crippen LogP contribution in [0.5, 0.6) is 11.5 Å². The van der Waals surface area contributed by atoms with Crippen LogP contribution in [0.3, 0.4) is 0 Å². The zero-order valence-corrected chi connectivity index (χ0v) is 18.8. The van der Waals surface area contributed by atoms with Gasteiger partial charge in [0.15, 0.2) is 11.6 Å². The maximum atomic E-state index is 5.79. The minimum absolute atomic E-state index is 0.516. The topological polar surface area (TPSA) is 53.5 Å². The molecule has 2 rings (SSSR count). The summed E-state index contributed by atoms with van der Waals surface area (Å²) in [5.41, 5.74) is 0.964. The molecule has 30 heavy (non-hydrogen) atoms. The molecular weight excluding hydrogens is 376 g/mol. The number of rotatable bonds is 17. The van der Waals surface area contributed by atoms with Crippen molar-refractivity contribution >= 4 is 0 Å². The molecule has 0 aliphatic carbocycles. The normalized spacial score (nSPS) is 10.9. The van der Waals surface area contributed by atoms with E-state index in [-0.39, 0.29) is 0 Å². The van der Waals surface area contributed by atoms with Crippen LogP contribution in [-0.2, 0) is 4.74 Å². The summed E-state index contributed by atoms with van der Waals surface area (Å²) in [6.07, 6.45) is 14.5. The van der Waals surface area contributed by atoms with Gasteiger partial charge in [-0.3, -0.25) is 0 Å². The molecule has 0 aliphatic heterocycles. The van der Waals surface area contributed by atoms with E-state index in [1.54, 1.807) is 12.4 Å². The van der Waals surface area contributed by atoms with Crippen molar-refractivity contribution in [1.29, 1.82) is 0 Å². The average Bonchev–Trinajstić information content (AvgIpc) is 2.79. The first-order valence-electron chi connectivity index (χ1n) is 11.6. The predicted octanol–water partition coefficient (Wildman–Crippen LogP) is 6.47. The predicted molar refractivity (Wildman–Crippen MR) is 122 cm³/mol. The molecular formula is C25H38N2O3. The lowest BCUT2D eigenvalue weighted by Gasteiger charge is -2.08.